The fourth-order valence-corrected chi connectivity index (χ4v) is 5.15. The maximum atomic E-state index is 13.3. The van der Waals surface area contributed by atoms with E-state index >= 15 is 0 Å². The van der Waals surface area contributed by atoms with Crippen LogP contribution in [0.5, 0.6) is 0 Å². The van der Waals surface area contributed by atoms with E-state index in [1.165, 1.54) is 5.69 Å². The molecule has 2 aliphatic heterocycles. The smallest absolute Gasteiger partial charge is 0.255 e. The molecular weight excluding hydrogens is 390 g/mol. The van der Waals surface area contributed by atoms with Gasteiger partial charge in [-0.2, -0.15) is 0 Å². The van der Waals surface area contributed by atoms with Crippen molar-refractivity contribution in [3.05, 3.63) is 75.7 Å². The number of nitrogens with zero attached hydrogens (tertiary/aromatic N) is 7. The van der Waals surface area contributed by atoms with Crippen molar-refractivity contribution in [3.63, 3.8) is 0 Å². The molecule has 3 aromatic heterocycles. The molecule has 0 amide bonds. The van der Waals surface area contributed by atoms with Gasteiger partial charge in [-0.15, -0.1) is 5.10 Å². The first-order valence-corrected chi connectivity index (χ1v) is 10.9. The van der Waals surface area contributed by atoms with Gasteiger partial charge in [0.05, 0.1) is 11.4 Å². The lowest BCUT2D eigenvalue weighted by Crippen LogP contribution is -2.47. The lowest BCUT2D eigenvalue weighted by molar-refractivity contribution is 0.113. The summed E-state index contributed by atoms with van der Waals surface area (Å²) in [6.07, 6.45) is 4.95. The van der Waals surface area contributed by atoms with E-state index in [2.05, 4.69) is 31.2 Å². The van der Waals surface area contributed by atoms with Crippen molar-refractivity contribution in [2.45, 2.75) is 38.5 Å². The van der Waals surface area contributed by atoms with Gasteiger partial charge < -0.3 is 4.57 Å². The van der Waals surface area contributed by atoms with Crippen molar-refractivity contribution >= 4 is 0 Å². The van der Waals surface area contributed by atoms with Crippen LogP contribution in [-0.2, 0) is 33.2 Å². The highest BCUT2D eigenvalue weighted by Crippen LogP contribution is 2.35. The third kappa shape index (κ3) is 4.31. The SMILES string of the molecule is CN(Cc1ccccn1)Cc1ccc2n(c1=O)C[C@H]1C[C@@H]2CN(Cc2cn(C)nn2)C1. The minimum atomic E-state index is 0.169. The van der Waals surface area contributed by atoms with Crippen molar-refractivity contribution < 1.29 is 0 Å². The summed E-state index contributed by atoms with van der Waals surface area (Å²) >= 11 is 0. The van der Waals surface area contributed by atoms with Gasteiger partial charge in [0.2, 0.25) is 0 Å². The first-order valence-electron chi connectivity index (χ1n) is 10.9. The average Bonchev–Trinajstić information content (AvgIpc) is 3.15. The Kier molecular flexibility index (Phi) is 5.41. The summed E-state index contributed by atoms with van der Waals surface area (Å²) in [6.45, 7) is 4.95. The van der Waals surface area contributed by atoms with Crippen LogP contribution >= 0.6 is 0 Å². The Hall–Kier alpha value is -2.84. The molecule has 31 heavy (non-hydrogen) atoms. The van der Waals surface area contributed by atoms with Crippen LogP contribution < -0.4 is 5.56 Å². The van der Waals surface area contributed by atoms with Crippen LogP contribution in [0.4, 0.5) is 0 Å². The molecule has 0 N–H and O–H groups in total. The number of fused-ring (bicyclic) bond motifs is 4. The van der Waals surface area contributed by atoms with Crippen molar-refractivity contribution in [3.8, 4) is 0 Å². The number of piperidine rings is 1. The Balaban J connectivity index is 1.30. The molecule has 5 rings (SSSR count). The van der Waals surface area contributed by atoms with Crippen LogP contribution in [0.25, 0.3) is 0 Å². The number of likely N-dealkylation sites (tertiary alicyclic amines) is 1. The quantitative estimate of drug-likeness (QED) is 0.605. The summed E-state index contributed by atoms with van der Waals surface area (Å²) in [5.74, 6) is 0.902. The highest BCUT2D eigenvalue weighted by Gasteiger charge is 2.35. The van der Waals surface area contributed by atoms with E-state index in [4.69, 9.17) is 0 Å². The summed E-state index contributed by atoms with van der Waals surface area (Å²) in [4.78, 5) is 22.3. The molecule has 2 atom stereocenters. The summed E-state index contributed by atoms with van der Waals surface area (Å²) in [5, 5.41) is 8.29. The fourth-order valence-electron chi connectivity index (χ4n) is 5.15. The van der Waals surface area contributed by atoms with Crippen LogP contribution in [0.2, 0.25) is 0 Å². The molecule has 0 saturated carbocycles. The van der Waals surface area contributed by atoms with Gasteiger partial charge in [0.15, 0.2) is 0 Å². The summed E-state index contributed by atoms with van der Waals surface area (Å²) in [7, 11) is 3.94. The van der Waals surface area contributed by atoms with Crippen LogP contribution in [0.15, 0.2) is 47.5 Å². The van der Waals surface area contributed by atoms with E-state index in [0.29, 0.717) is 18.4 Å². The van der Waals surface area contributed by atoms with Crippen molar-refractivity contribution in [1.29, 1.82) is 0 Å². The first-order chi connectivity index (χ1) is 15.0. The zero-order valence-electron chi connectivity index (χ0n) is 18.2. The topological polar surface area (TPSA) is 72.1 Å². The van der Waals surface area contributed by atoms with Crippen molar-refractivity contribution in [1.82, 2.24) is 34.3 Å². The molecule has 2 bridgehead atoms. The van der Waals surface area contributed by atoms with Crippen LogP contribution in [0, 0.1) is 5.92 Å². The third-order valence-corrected chi connectivity index (χ3v) is 6.39. The van der Waals surface area contributed by atoms with Gasteiger partial charge in [-0.05, 0) is 37.6 Å². The second-order valence-electron chi connectivity index (χ2n) is 9.07. The molecular formula is C23H29N7O. The molecule has 162 valence electrons. The molecule has 0 aromatic carbocycles. The van der Waals surface area contributed by atoms with Gasteiger partial charge in [-0.25, -0.2) is 0 Å². The normalized spacial score (nSPS) is 20.7. The maximum absolute atomic E-state index is 13.3. The second-order valence-corrected chi connectivity index (χ2v) is 9.07. The number of hydrogen-bond acceptors (Lipinski definition) is 6. The van der Waals surface area contributed by atoms with E-state index in [1.54, 1.807) is 4.68 Å². The Bertz CT molecular complexity index is 1110. The lowest BCUT2D eigenvalue weighted by Gasteiger charge is -2.42. The number of aromatic nitrogens is 5. The van der Waals surface area contributed by atoms with E-state index in [0.717, 1.165) is 56.1 Å². The standard InChI is InChI=1S/C23H29N7O/c1-27(14-20-5-3-4-8-24-20)12-18-6-7-22-19-9-17(11-30(22)23(18)31)10-29(13-19)16-21-15-28(2)26-25-21/h3-8,15,17,19H,9-14,16H2,1-2H3/t17-,19+/m0/s1. The van der Waals surface area contributed by atoms with Gasteiger partial charge in [-0.1, -0.05) is 17.3 Å². The Morgan fingerprint density at radius 2 is 2.00 bits per heavy atom. The molecule has 8 heteroatoms. The highest BCUT2D eigenvalue weighted by atomic mass is 16.1. The van der Waals surface area contributed by atoms with Crippen molar-refractivity contribution in [2.24, 2.45) is 13.0 Å². The number of aryl methyl sites for hydroxylation is 1. The number of rotatable bonds is 6. The van der Waals surface area contributed by atoms with Gasteiger partial charge in [0, 0.05) is 75.9 Å². The van der Waals surface area contributed by atoms with E-state index < -0.39 is 0 Å². The van der Waals surface area contributed by atoms with Gasteiger partial charge in [0.25, 0.3) is 5.56 Å². The van der Waals surface area contributed by atoms with Gasteiger partial charge in [0.1, 0.15) is 0 Å². The molecule has 0 aliphatic carbocycles. The van der Waals surface area contributed by atoms with Crippen LogP contribution in [0.3, 0.4) is 0 Å². The monoisotopic (exact) mass is 419 g/mol. The van der Waals surface area contributed by atoms with Gasteiger partial charge in [-0.3, -0.25) is 24.3 Å². The average molecular weight is 420 g/mol. The predicted molar refractivity (Wildman–Crippen MR) is 117 cm³/mol. The highest BCUT2D eigenvalue weighted by molar-refractivity contribution is 5.22. The molecule has 0 unspecified atom stereocenters. The van der Waals surface area contributed by atoms with Crippen LogP contribution in [0.1, 0.15) is 35.0 Å². The fraction of sp³-hybridized carbons (Fsp3) is 0.478. The molecule has 5 heterocycles. The molecule has 1 saturated heterocycles. The molecule has 0 radical (unpaired) electrons. The minimum absolute atomic E-state index is 0.169. The largest absolute Gasteiger partial charge is 0.312 e. The summed E-state index contributed by atoms with van der Waals surface area (Å²) in [6, 6.07) is 10.1. The predicted octanol–water partition coefficient (Wildman–Crippen LogP) is 1.62. The second kappa shape index (κ2) is 8.36. The van der Waals surface area contributed by atoms with E-state index in [9.17, 15) is 4.79 Å². The number of hydrogen-bond donors (Lipinski definition) is 0. The molecule has 3 aromatic rings. The molecule has 8 nitrogen and oxygen atoms in total. The van der Waals surface area contributed by atoms with Crippen molar-refractivity contribution in [2.75, 3.05) is 20.1 Å². The summed E-state index contributed by atoms with van der Waals surface area (Å²) < 4.78 is 3.80. The van der Waals surface area contributed by atoms with E-state index in [-0.39, 0.29) is 5.56 Å². The Labute approximate surface area is 182 Å². The maximum Gasteiger partial charge on any atom is 0.255 e. The molecule has 0 spiro atoms. The zero-order chi connectivity index (χ0) is 21.4. The zero-order valence-corrected chi connectivity index (χ0v) is 18.2. The Morgan fingerprint density at radius 1 is 1.10 bits per heavy atom. The number of pyridine rings is 2. The molecule has 1 fully saturated rings. The summed E-state index contributed by atoms with van der Waals surface area (Å²) in [5.41, 5.74) is 4.23. The lowest BCUT2D eigenvalue weighted by atomic mass is 9.83. The Morgan fingerprint density at radius 3 is 2.77 bits per heavy atom. The minimum Gasteiger partial charge on any atom is -0.312 e. The van der Waals surface area contributed by atoms with E-state index in [1.807, 2.05) is 55.3 Å². The third-order valence-electron chi connectivity index (χ3n) is 6.39. The van der Waals surface area contributed by atoms with Gasteiger partial charge >= 0.3 is 0 Å². The first kappa shape index (κ1) is 20.1. The molecule has 2 aliphatic rings. The van der Waals surface area contributed by atoms with Crippen LogP contribution in [-0.4, -0.2) is 54.5 Å².